The molecule has 1 aliphatic heterocycles. The van der Waals surface area contributed by atoms with Crippen molar-refractivity contribution in [1.29, 1.82) is 0 Å². The molecule has 0 bridgehead atoms. The SMILES string of the molecule is Cc1cc2cc([C@@H](c3nnnn3C(C)(C)C)N3CCCCC3)c(=O)[nH]c2cc1C. The largest absolute Gasteiger partial charge is 0.322 e. The number of aromatic nitrogens is 5. The minimum atomic E-state index is -0.274. The Balaban J connectivity index is 1.92. The molecule has 7 nitrogen and oxygen atoms in total. The molecule has 1 aromatic carbocycles. The van der Waals surface area contributed by atoms with Crippen molar-refractivity contribution in [2.75, 3.05) is 13.1 Å². The predicted octanol–water partition coefficient (Wildman–Crippen LogP) is 3.46. The van der Waals surface area contributed by atoms with E-state index in [1.807, 2.05) is 16.8 Å². The average molecular weight is 395 g/mol. The maximum atomic E-state index is 13.2. The number of hydrogen-bond acceptors (Lipinski definition) is 5. The molecule has 1 aliphatic rings. The smallest absolute Gasteiger partial charge is 0.253 e. The van der Waals surface area contributed by atoms with Crippen LogP contribution in [-0.2, 0) is 5.54 Å². The van der Waals surface area contributed by atoms with Crippen molar-refractivity contribution in [3.05, 3.63) is 51.1 Å². The third-order valence-electron chi connectivity index (χ3n) is 5.91. The number of benzene rings is 1. The number of likely N-dealkylation sites (tertiary alicyclic amines) is 1. The van der Waals surface area contributed by atoms with Crippen LogP contribution in [0.1, 0.15) is 68.6 Å². The van der Waals surface area contributed by atoms with Crippen molar-refractivity contribution < 1.29 is 0 Å². The van der Waals surface area contributed by atoms with Gasteiger partial charge in [-0.1, -0.05) is 6.42 Å². The number of hydrogen-bond donors (Lipinski definition) is 1. The van der Waals surface area contributed by atoms with Gasteiger partial charge in [0.25, 0.3) is 5.56 Å². The number of piperidine rings is 1. The summed E-state index contributed by atoms with van der Waals surface area (Å²) in [5.74, 6) is 0.730. The van der Waals surface area contributed by atoms with E-state index in [0.29, 0.717) is 5.56 Å². The van der Waals surface area contributed by atoms with Gasteiger partial charge in [-0.25, -0.2) is 4.68 Å². The minimum absolute atomic E-state index is 0.0696. The summed E-state index contributed by atoms with van der Waals surface area (Å²) in [6.45, 7) is 12.3. The molecular weight excluding hydrogens is 364 g/mol. The number of fused-ring (bicyclic) bond motifs is 1. The van der Waals surface area contributed by atoms with Gasteiger partial charge in [0.1, 0.15) is 6.04 Å². The lowest BCUT2D eigenvalue weighted by atomic mass is 9.98. The summed E-state index contributed by atoms with van der Waals surface area (Å²) < 4.78 is 1.86. The van der Waals surface area contributed by atoms with Crippen LogP contribution in [0.3, 0.4) is 0 Å². The lowest BCUT2D eigenvalue weighted by molar-refractivity contribution is 0.170. The summed E-state index contributed by atoms with van der Waals surface area (Å²) in [5, 5.41) is 13.7. The summed E-state index contributed by atoms with van der Waals surface area (Å²) in [4.78, 5) is 18.7. The molecule has 154 valence electrons. The molecule has 1 atom stereocenters. The standard InChI is InChI=1S/C22H30N6O/c1-14-11-16-13-17(21(29)23-18(16)12-15(14)2)19(27-9-7-6-8-10-27)20-24-25-26-28(20)22(3,4)5/h11-13,19H,6-10H2,1-5H3,(H,23,29)/t19-/m0/s1. The number of H-pyrrole nitrogens is 1. The van der Waals surface area contributed by atoms with E-state index in [2.05, 4.69) is 66.1 Å². The third kappa shape index (κ3) is 3.71. The molecular formula is C22H30N6O. The molecule has 0 saturated carbocycles. The van der Waals surface area contributed by atoms with Gasteiger partial charge < -0.3 is 4.98 Å². The van der Waals surface area contributed by atoms with Gasteiger partial charge in [-0.15, -0.1) is 5.10 Å². The number of pyridine rings is 1. The van der Waals surface area contributed by atoms with E-state index in [9.17, 15) is 4.79 Å². The first kappa shape index (κ1) is 19.8. The topological polar surface area (TPSA) is 79.7 Å². The average Bonchev–Trinajstić information content (AvgIpc) is 3.15. The molecule has 7 heteroatoms. The molecule has 2 aromatic heterocycles. The van der Waals surface area contributed by atoms with Crippen molar-refractivity contribution in [1.82, 2.24) is 30.1 Å². The molecule has 0 spiro atoms. The Hall–Kier alpha value is -2.54. The Labute approximate surface area is 171 Å². The van der Waals surface area contributed by atoms with E-state index < -0.39 is 0 Å². The molecule has 4 rings (SSSR count). The van der Waals surface area contributed by atoms with E-state index in [0.717, 1.165) is 42.7 Å². The minimum Gasteiger partial charge on any atom is -0.322 e. The van der Waals surface area contributed by atoms with Crippen LogP contribution in [0.2, 0.25) is 0 Å². The first-order chi connectivity index (χ1) is 13.8. The van der Waals surface area contributed by atoms with E-state index in [1.54, 1.807) is 0 Å². The van der Waals surface area contributed by atoms with E-state index in [4.69, 9.17) is 0 Å². The Morgan fingerprint density at radius 3 is 2.41 bits per heavy atom. The van der Waals surface area contributed by atoms with Gasteiger partial charge in [0.2, 0.25) is 0 Å². The highest BCUT2D eigenvalue weighted by Gasteiger charge is 2.33. The second kappa shape index (κ2) is 7.37. The number of nitrogens with one attached hydrogen (secondary N) is 1. The summed E-state index contributed by atoms with van der Waals surface area (Å²) >= 11 is 0. The van der Waals surface area contributed by atoms with Crippen molar-refractivity contribution in [3.8, 4) is 0 Å². The van der Waals surface area contributed by atoms with E-state index in [-0.39, 0.29) is 17.1 Å². The molecule has 0 unspecified atom stereocenters. The Morgan fingerprint density at radius 1 is 1.03 bits per heavy atom. The fourth-order valence-corrected chi connectivity index (χ4v) is 4.21. The first-order valence-electron chi connectivity index (χ1n) is 10.4. The third-order valence-corrected chi connectivity index (χ3v) is 5.91. The van der Waals surface area contributed by atoms with Gasteiger partial charge in [0.15, 0.2) is 5.82 Å². The fraction of sp³-hybridized carbons (Fsp3) is 0.545. The highest BCUT2D eigenvalue weighted by molar-refractivity contribution is 5.81. The summed E-state index contributed by atoms with van der Waals surface area (Å²) in [6.07, 6.45) is 3.47. The van der Waals surface area contributed by atoms with Crippen molar-refractivity contribution >= 4 is 10.9 Å². The zero-order valence-corrected chi connectivity index (χ0v) is 18.0. The predicted molar refractivity (Wildman–Crippen MR) is 114 cm³/mol. The zero-order chi connectivity index (χ0) is 20.8. The highest BCUT2D eigenvalue weighted by Crippen LogP contribution is 2.31. The molecule has 3 aromatic rings. The monoisotopic (exact) mass is 394 g/mol. The lowest BCUT2D eigenvalue weighted by Crippen LogP contribution is -2.40. The maximum Gasteiger partial charge on any atom is 0.253 e. The Bertz CT molecular complexity index is 1080. The van der Waals surface area contributed by atoms with Gasteiger partial charge >= 0.3 is 0 Å². The van der Waals surface area contributed by atoms with Crippen LogP contribution in [0.25, 0.3) is 10.9 Å². The van der Waals surface area contributed by atoms with Crippen molar-refractivity contribution in [2.24, 2.45) is 0 Å². The second-order valence-electron chi connectivity index (χ2n) is 9.20. The zero-order valence-electron chi connectivity index (χ0n) is 18.0. The van der Waals surface area contributed by atoms with Crippen LogP contribution in [0, 0.1) is 13.8 Å². The molecule has 1 saturated heterocycles. The van der Waals surface area contributed by atoms with Crippen LogP contribution in [0.5, 0.6) is 0 Å². The molecule has 1 N–H and O–H groups in total. The number of aromatic amines is 1. The van der Waals surface area contributed by atoms with Gasteiger partial charge in [0, 0.05) is 11.1 Å². The number of rotatable bonds is 3. The van der Waals surface area contributed by atoms with Crippen molar-refractivity contribution in [2.45, 2.75) is 65.5 Å². The molecule has 29 heavy (non-hydrogen) atoms. The normalized spacial score (nSPS) is 17.0. The van der Waals surface area contributed by atoms with Gasteiger partial charge in [-0.3, -0.25) is 9.69 Å². The number of aryl methyl sites for hydroxylation is 2. The van der Waals surface area contributed by atoms with Crippen LogP contribution in [-0.4, -0.2) is 43.2 Å². The molecule has 0 aliphatic carbocycles. The number of tetrazole rings is 1. The van der Waals surface area contributed by atoms with E-state index >= 15 is 0 Å². The first-order valence-corrected chi connectivity index (χ1v) is 10.4. The van der Waals surface area contributed by atoms with Crippen LogP contribution < -0.4 is 5.56 Å². The second-order valence-corrected chi connectivity index (χ2v) is 9.20. The summed E-state index contributed by atoms with van der Waals surface area (Å²) in [5.41, 5.74) is 3.62. The van der Waals surface area contributed by atoms with Gasteiger partial charge in [-0.2, -0.15) is 0 Å². The molecule has 3 heterocycles. The number of nitrogens with zero attached hydrogens (tertiary/aromatic N) is 5. The lowest BCUT2D eigenvalue weighted by Gasteiger charge is -2.35. The Kier molecular flexibility index (Phi) is 5.02. The van der Waals surface area contributed by atoms with Crippen LogP contribution in [0.4, 0.5) is 0 Å². The van der Waals surface area contributed by atoms with Gasteiger partial charge in [0.05, 0.1) is 5.54 Å². The Morgan fingerprint density at radius 2 is 1.72 bits per heavy atom. The summed E-state index contributed by atoms with van der Waals surface area (Å²) in [7, 11) is 0. The summed E-state index contributed by atoms with van der Waals surface area (Å²) in [6, 6.07) is 5.95. The van der Waals surface area contributed by atoms with Crippen molar-refractivity contribution in [3.63, 3.8) is 0 Å². The van der Waals surface area contributed by atoms with Crippen LogP contribution >= 0.6 is 0 Å². The van der Waals surface area contributed by atoms with Gasteiger partial charge in [-0.05, 0) is 106 Å². The molecule has 1 fully saturated rings. The van der Waals surface area contributed by atoms with Crippen LogP contribution in [0.15, 0.2) is 23.0 Å². The van der Waals surface area contributed by atoms with E-state index in [1.165, 1.54) is 17.5 Å². The molecule has 0 radical (unpaired) electrons. The fourth-order valence-electron chi connectivity index (χ4n) is 4.21. The maximum absolute atomic E-state index is 13.2. The molecule has 0 amide bonds. The highest BCUT2D eigenvalue weighted by atomic mass is 16.1. The quantitative estimate of drug-likeness (QED) is 0.736.